The lowest BCUT2D eigenvalue weighted by atomic mass is 10.0. The number of aliphatic carboxylic acids is 1. The van der Waals surface area contributed by atoms with Crippen LogP contribution in [-0.4, -0.2) is 61.0 Å². The van der Waals surface area contributed by atoms with Gasteiger partial charge < -0.3 is 20.1 Å². The maximum atomic E-state index is 12.8. The minimum Gasteiger partial charge on any atom is -0.484 e. The molecule has 0 radical (unpaired) electrons. The zero-order chi connectivity index (χ0) is 22.8. The molecule has 3 atom stereocenters. The van der Waals surface area contributed by atoms with Crippen molar-refractivity contribution >= 4 is 41.3 Å². The molecule has 12 heteroatoms. The topological polar surface area (TPSA) is 142 Å². The third kappa shape index (κ3) is 4.36. The first kappa shape index (κ1) is 22.0. The molecule has 10 nitrogen and oxygen atoms in total. The van der Waals surface area contributed by atoms with Crippen LogP contribution in [0.25, 0.3) is 0 Å². The number of ether oxygens (including phenoxy) is 1. The second-order valence-electron chi connectivity index (χ2n) is 6.88. The number of nitrogens with one attached hydrogen (secondary N) is 2. The van der Waals surface area contributed by atoms with Crippen molar-refractivity contribution in [3.8, 4) is 5.75 Å². The second kappa shape index (κ2) is 9.09. The van der Waals surface area contributed by atoms with Crippen LogP contribution in [0.15, 0.2) is 63.0 Å². The molecule has 0 spiro atoms. The summed E-state index contributed by atoms with van der Waals surface area (Å²) in [4.78, 5) is 56.2. The van der Waals surface area contributed by atoms with E-state index in [0.29, 0.717) is 15.7 Å². The lowest BCUT2D eigenvalue weighted by Gasteiger charge is -2.50. The minimum absolute atomic E-state index is 0.153. The number of fused-ring (bicyclic) bond motifs is 1. The minimum atomic E-state index is -1.26. The number of amides is 2. The molecule has 2 amide bonds. The molecular weight excluding hydrogens is 456 g/mol. The Morgan fingerprint density at radius 1 is 1.28 bits per heavy atom. The Kier molecular flexibility index (Phi) is 6.24. The first-order chi connectivity index (χ1) is 15.3. The summed E-state index contributed by atoms with van der Waals surface area (Å²) >= 11 is 2.42. The third-order valence-electron chi connectivity index (χ3n) is 4.73. The first-order valence-corrected chi connectivity index (χ1v) is 11.3. The van der Waals surface area contributed by atoms with E-state index in [0.717, 1.165) is 11.8 Å². The van der Waals surface area contributed by atoms with Crippen LogP contribution in [0.4, 0.5) is 0 Å². The summed E-state index contributed by atoms with van der Waals surface area (Å²) in [6, 6.07) is 9.49. The Labute approximate surface area is 190 Å². The number of β-lactam (4-membered cyclic amide) rings is 1. The number of carbonyl (C=O) groups is 3. The SMILES string of the molecule is CC1S[C@@H]2C(NC(=O)COc3ccccc3)C(=O)N2C(C(=O)O)=C1Sc1ccnc(=O)[nH]1. The van der Waals surface area contributed by atoms with Crippen molar-refractivity contribution in [3.63, 3.8) is 0 Å². The van der Waals surface area contributed by atoms with Crippen LogP contribution in [0.1, 0.15) is 6.92 Å². The van der Waals surface area contributed by atoms with Gasteiger partial charge in [0, 0.05) is 16.4 Å². The van der Waals surface area contributed by atoms with Crippen LogP contribution in [0.5, 0.6) is 5.75 Å². The van der Waals surface area contributed by atoms with Gasteiger partial charge in [0.2, 0.25) is 0 Å². The number of rotatable bonds is 7. The number of carbonyl (C=O) groups excluding carboxylic acids is 2. The number of nitrogens with zero attached hydrogens (tertiary/aromatic N) is 2. The number of H-pyrrole nitrogens is 1. The third-order valence-corrected chi connectivity index (χ3v) is 7.51. The van der Waals surface area contributed by atoms with Gasteiger partial charge in [-0.15, -0.1) is 11.8 Å². The lowest BCUT2D eigenvalue weighted by molar-refractivity contribution is -0.150. The van der Waals surface area contributed by atoms with E-state index < -0.39 is 34.9 Å². The molecule has 2 aliphatic rings. The highest BCUT2D eigenvalue weighted by Crippen LogP contribution is 2.48. The van der Waals surface area contributed by atoms with Crippen LogP contribution in [0.3, 0.4) is 0 Å². The van der Waals surface area contributed by atoms with E-state index in [4.69, 9.17) is 4.74 Å². The predicted octanol–water partition coefficient (Wildman–Crippen LogP) is 1.03. The molecule has 166 valence electrons. The van der Waals surface area contributed by atoms with Gasteiger partial charge in [-0.1, -0.05) is 30.0 Å². The van der Waals surface area contributed by atoms with Gasteiger partial charge in [0.05, 0.1) is 5.03 Å². The van der Waals surface area contributed by atoms with Gasteiger partial charge in [-0.05, 0) is 25.1 Å². The molecule has 32 heavy (non-hydrogen) atoms. The number of para-hydroxylation sites is 1. The highest BCUT2D eigenvalue weighted by molar-refractivity contribution is 8.06. The lowest BCUT2D eigenvalue weighted by Crippen LogP contribution is -2.71. The van der Waals surface area contributed by atoms with Crippen molar-refractivity contribution in [2.75, 3.05) is 6.61 Å². The molecule has 1 aromatic carbocycles. The van der Waals surface area contributed by atoms with Crippen LogP contribution in [-0.2, 0) is 14.4 Å². The Hall–Kier alpha value is -3.25. The predicted molar refractivity (Wildman–Crippen MR) is 117 cm³/mol. The van der Waals surface area contributed by atoms with E-state index in [2.05, 4.69) is 15.3 Å². The maximum Gasteiger partial charge on any atom is 0.353 e. The molecule has 2 aliphatic heterocycles. The molecule has 0 saturated carbocycles. The van der Waals surface area contributed by atoms with Gasteiger partial charge in [-0.3, -0.25) is 14.5 Å². The number of hydrogen-bond acceptors (Lipinski definition) is 8. The number of hydrogen-bond donors (Lipinski definition) is 3. The zero-order valence-electron chi connectivity index (χ0n) is 16.7. The Bertz CT molecular complexity index is 1150. The zero-order valence-corrected chi connectivity index (χ0v) is 18.3. The van der Waals surface area contributed by atoms with Gasteiger partial charge in [0.25, 0.3) is 11.8 Å². The highest BCUT2D eigenvalue weighted by atomic mass is 32.2. The highest BCUT2D eigenvalue weighted by Gasteiger charge is 2.55. The number of aromatic nitrogens is 2. The first-order valence-electron chi connectivity index (χ1n) is 9.51. The van der Waals surface area contributed by atoms with Gasteiger partial charge >= 0.3 is 11.7 Å². The molecule has 2 unspecified atom stereocenters. The van der Waals surface area contributed by atoms with Gasteiger partial charge in [-0.25, -0.2) is 14.6 Å². The summed E-state index contributed by atoms with van der Waals surface area (Å²) in [5, 5.41) is 12.0. The number of carboxylic acids is 1. The smallest absolute Gasteiger partial charge is 0.353 e. The number of thioether (sulfide) groups is 2. The van der Waals surface area contributed by atoms with Crippen molar-refractivity contribution in [1.82, 2.24) is 20.2 Å². The van der Waals surface area contributed by atoms with E-state index in [1.807, 2.05) is 13.0 Å². The molecule has 3 heterocycles. The number of aromatic amines is 1. The maximum absolute atomic E-state index is 12.8. The van der Waals surface area contributed by atoms with E-state index in [1.54, 1.807) is 30.3 Å². The monoisotopic (exact) mass is 474 g/mol. The van der Waals surface area contributed by atoms with Crippen molar-refractivity contribution in [2.24, 2.45) is 0 Å². The summed E-state index contributed by atoms with van der Waals surface area (Å²) < 4.78 is 5.40. The Morgan fingerprint density at radius 3 is 2.72 bits per heavy atom. The van der Waals surface area contributed by atoms with Crippen molar-refractivity contribution in [3.05, 3.63) is 63.7 Å². The Balaban J connectivity index is 1.48. The van der Waals surface area contributed by atoms with Crippen molar-refractivity contribution in [2.45, 2.75) is 28.6 Å². The standard InChI is InChI=1S/C20H18N4O6S2/c1-10-16(32-13-7-8-21-20(29)23-13)15(19(27)28)24-17(26)14(18(24)31-10)22-12(25)9-30-11-5-3-2-4-6-11/h2-8,10,14,18H,9H2,1H3,(H,22,25)(H,27,28)(H,21,23,29)/t10?,14?,18-/m1/s1. The molecule has 1 fully saturated rings. The van der Waals surface area contributed by atoms with E-state index >= 15 is 0 Å². The van der Waals surface area contributed by atoms with Gasteiger partial charge in [-0.2, -0.15) is 0 Å². The fourth-order valence-corrected chi connectivity index (χ4v) is 5.90. The van der Waals surface area contributed by atoms with E-state index in [1.165, 1.54) is 22.9 Å². The molecule has 1 aromatic heterocycles. The van der Waals surface area contributed by atoms with E-state index in [-0.39, 0.29) is 17.6 Å². The van der Waals surface area contributed by atoms with Crippen molar-refractivity contribution in [1.29, 1.82) is 0 Å². The van der Waals surface area contributed by atoms with Crippen LogP contribution >= 0.6 is 23.5 Å². The summed E-state index contributed by atoms with van der Waals surface area (Å²) in [5.41, 5.74) is -0.707. The second-order valence-corrected chi connectivity index (χ2v) is 9.43. The fraction of sp³-hybridized carbons (Fsp3) is 0.250. The average Bonchev–Trinajstić information content (AvgIpc) is 2.77. The van der Waals surface area contributed by atoms with E-state index in [9.17, 15) is 24.3 Å². The quantitative estimate of drug-likeness (QED) is 0.396. The molecule has 3 N–H and O–H groups in total. The summed E-state index contributed by atoms with van der Waals surface area (Å²) in [6.07, 6.45) is 1.32. The van der Waals surface area contributed by atoms with Crippen LogP contribution in [0.2, 0.25) is 0 Å². The molecular formula is C20H18N4O6S2. The van der Waals surface area contributed by atoms with Crippen molar-refractivity contribution < 1.29 is 24.2 Å². The molecule has 0 aliphatic carbocycles. The summed E-state index contributed by atoms with van der Waals surface area (Å²) in [6.45, 7) is 1.55. The largest absolute Gasteiger partial charge is 0.484 e. The van der Waals surface area contributed by atoms with Gasteiger partial charge in [0.1, 0.15) is 22.9 Å². The average molecular weight is 475 g/mol. The molecule has 2 aromatic rings. The molecule has 0 bridgehead atoms. The molecule has 1 saturated heterocycles. The normalized spacial score (nSPS) is 22.1. The number of benzene rings is 1. The fourth-order valence-electron chi connectivity index (χ4n) is 3.31. The van der Waals surface area contributed by atoms with Crippen LogP contribution in [0, 0.1) is 0 Å². The summed E-state index contributed by atoms with van der Waals surface area (Å²) in [7, 11) is 0. The Morgan fingerprint density at radius 2 is 2.03 bits per heavy atom. The van der Waals surface area contributed by atoms with Gasteiger partial charge in [0.15, 0.2) is 6.61 Å². The number of carboxylic acid groups (broad SMARTS) is 1. The summed E-state index contributed by atoms with van der Waals surface area (Å²) in [5.74, 6) is -1.72. The van der Waals surface area contributed by atoms with Crippen LogP contribution < -0.4 is 15.7 Å². The molecule has 4 rings (SSSR count).